The molecule has 0 fully saturated rings. The molecule has 0 radical (unpaired) electrons. The minimum absolute atomic E-state index is 0.439. The van der Waals surface area contributed by atoms with Crippen LogP contribution in [0.15, 0.2) is 42.5 Å². The molecule has 2 N–H and O–H groups in total. The summed E-state index contributed by atoms with van der Waals surface area (Å²) in [5.74, 6) is 1.73. The van der Waals surface area contributed by atoms with Crippen LogP contribution in [0, 0.1) is 6.92 Å². The van der Waals surface area contributed by atoms with E-state index >= 15 is 0 Å². The van der Waals surface area contributed by atoms with E-state index in [0.717, 1.165) is 28.3 Å². The van der Waals surface area contributed by atoms with Gasteiger partial charge in [-0.1, -0.05) is 17.7 Å². The normalized spacial score (nSPS) is 10.9. The van der Waals surface area contributed by atoms with Gasteiger partial charge in [-0.3, -0.25) is 0 Å². The summed E-state index contributed by atoms with van der Waals surface area (Å²) in [5, 5.41) is 0. The maximum absolute atomic E-state index is 5.81. The Kier molecular flexibility index (Phi) is 3.06. The summed E-state index contributed by atoms with van der Waals surface area (Å²) in [7, 11) is 1.97. The third kappa shape index (κ3) is 2.32. The number of imidazole rings is 1. The zero-order chi connectivity index (χ0) is 14.1. The highest BCUT2D eigenvalue weighted by atomic mass is 16.5. The van der Waals surface area contributed by atoms with Crippen LogP contribution >= 0.6 is 0 Å². The lowest BCUT2D eigenvalue weighted by atomic mass is 10.2. The number of fused-ring (bicyclic) bond motifs is 1. The van der Waals surface area contributed by atoms with Crippen molar-refractivity contribution in [3.8, 4) is 5.75 Å². The molecular weight excluding hydrogens is 250 g/mol. The molecule has 0 saturated heterocycles. The molecule has 0 spiro atoms. The highest BCUT2D eigenvalue weighted by molar-refractivity contribution is 5.79. The fourth-order valence-electron chi connectivity index (χ4n) is 2.17. The third-order valence-electron chi connectivity index (χ3n) is 3.39. The summed E-state index contributed by atoms with van der Waals surface area (Å²) in [6.07, 6.45) is 0. The molecule has 0 saturated carbocycles. The summed E-state index contributed by atoms with van der Waals surface area (Å²) in [4.78, 5) is 4.57. The average Bonchev–Trinajstić information content (AvgIpc) is 2.75. The molecular formula is C16H17N3O. The molecule has 1 heterocycles. The molecule has 4 nitrogen and oxygen atoms in total. The Morgan fingerprint density at radius 2 is 1.90 bits per heavy atom. The summed E-state index contributed by atoms with van der Waals surface area (Å²) in [6, 6.07) is 13.7. The Morgan fingerprint density at radius 3 is 2.65 bits per heavy atom. The predicted molar refractivity (Wildman–Crippen MR) is 80.6 cm³/mol. The Hall–Kier alpha value is -2.49. The van der Waals surface area contributed by atoms with E-state index in [1.54, 1.807) is 0 Å². The molecule has 0 aliphatic rings. The summed E-state index contributed by atoms with van der Waals surface area (Å²) < 4.78 is 7.79. The lowest BCUT2D eigenvalue weighted by Gasteiger charge is -2.06. The largest absolute Gasteiger partial charge is 0.486 e. The van der Waals surface area contributed by atoms with Gasteiger partial charge in [0, 0.05) is 12.7 Å². The Labute approximate surface area is 117 Å². The van der Waals surface area contributed by atoms with E-state index < -0.39 is 0 Å². The van der Waals surface area contributed by atoms with Crippen LogP contribution in [0.2, 0.25) is 0 Å². The number of aromatic nitrogens is 2. The number of hydrogen-bond donors (Lipinski definition) is 1. The highest BCUT2D eigenvalue weighted by Crippen LogP contribution is 2.19. The van der Waals surface area contributed by atoms with E-state index in [1.807, 2.05) is 54.1 Å². The van der Waals surface area contributed by atoms with Gasteiger partial charge in [0.25, 0.3) is 0 Å². The van der Waals surface area contributed by atoms with Gasteiger partial charge in [-0.25, -0.2) is 4.98 Å². The SMILES string of the molecule is Cc1ccc(OCc2nc3ccc(N)cc3n2C)cc1. The van der Waals surface area contributed by atoms with Gasteiger partial charge in [0.2, 0.25) is 0 Å². The summed E-state index contributed by atoms with van der Waals surface area (Å²) >= 11 is 0. The lowest BCUT2D eigenvalue weighted by Crippen LogP contribution is -2.03. The number of hydrogen-bond acceptors (Lipinski definition) is 3. The van der Waals surface area contributed by atoms with Crippen molar-refractivity contribution in [2.24, 2.45) is 7.05 Å². The topological polar surface area (TPSA) is 53.1 Å². The van der Waals surface area contributed by atoms with E-state index in [1.165, 1.54) is 5.56 Å². The maximum atomic E-state index is 5.81. The van der Waals surface area contributed by atoms with Gasteiger partial charge in [-0.15, -0.1) is 0 Å². The van der Waals surface area contributed by atoms with Gasteiger partial charge in [0.15, 0.2) is 0 Å². The molecule has 0 aliphatic heterocycles. The van der Waals surface area contributed by atoms with Crippen LogP contribution in [0.3, 0.4) is 0 Å². The first kappa shape index (κ1) is 12.5. The van der Waals surface area contributed by atoms with E-state index in [2.05, 4.69) is 11.9 Å². The molecule has 2 aromatic carbocycles. The first-order valence-electron chi connectivity index (χ1n) is 6.54. The molecule has 0 atom stereocenters. The Balaban J connectivity index is 1.84. The van der Waals surface area contributed by atoms with Crippen LogP contribution in [0.4, 0.5) is 5.69 Å². The minimum atomic E-state index is 0.439. The van der Waals surface area contributed by atoms with Crippen molar-refractivity contribution >= 4 is 16.7 Å². The van der Waals surface area contributed by atoms with Crippen LogP contribution in [0.25, 0.3) is 11.0 Å². The highest BCUT2D eigenvalue weighted by Gasteiger charge is 2.08. The number of ether oxygens (including phenoxy) is 1. The van der Waals surface area contributed by atoms with E-state index in [4.69, 9.17) is 10.5 Å². The quantitative estimate of drug-likeness (QED) is 0.742. The van der Waals surface area contributed by atoms with Crippen molar-refractivity contribution in [2.75, 3.05) is 5.73 Å². The average molecular weight is 267 g/mol. The number of aryl methyl sites for hydroxylation is 2. The minimum Gasteiger partial charge on any atom is -0.486 e. The van der Waals surface area contributed by atoms with Crippen molar-refractivity contribution in [3.63, 3.8) is 0 Å². The third-order valence-corrected chi connectivity index (χ3v) is 3.39. The van der Waals surface area contributed by atoms with Crippen molar-refractivity contribution in [1.29, 1.82) is 0 Å². The number of rotatable bonds is 3. The maximum Gasteiger partial charge on any atom is 0.147 e. The Bertz CT molecular complexity index is 744. The van der Waals surface area contributed by atoms with Gasteiger partial charge in [-0.2, -0.15) is 0 Å². The number of nitrogen functional groups attached to an aromatic ring is 1. The van der Waals surface area contributed by atoms with Crippen LogP contribution < -0.4 is 10.5 Å². The second kappa shape index (κ2) is 4.89. The van der Waals surface area contributed by atoms with Crippen LogP contribution in [-0.2, 0) is 13.7 Å². The number of nitrogens with zero attached hydrogens (tertiary/aromatic N) is 2. The number of nitrogens with two attached hydrogens (primary N) is 1. The smallest absolute Gasteiger partial charge is 0.147 e. The molecule has 20 heavy (non-hydrogen) atoms. The fourth-order valence-corrected chi connectivity index (χ4v) is 2.17. The summed E-state index contributed by atoms with van der Waals surface area (Å²) in [6.45, 7) is 2.49. The van der Waals surface area contributed by atoms with Crippen molar-refractivity contribution in [1.82, 2.24) is 9.55 Å². The van der Waals surface area contributed by atoms with Crippen molar-refractivity contribution < 1.29 is 4.74 Å². The standard InChI is InChI=1S/C16H17N3O/c1-11-3-6-13(7-4-11)20-10-16-18-14-8-5-12(17)9-15(14)19(16)2/h3-9H,10,17H2,1-2H3. The Morgan fingerprint density at radius 1 is 1.15 bits per heavy atom. The number of benzene rings is 2. The molecule has 3 aromatic rings. The predicted octanol–water partition coefficient (Wildman–Crippen LogP) is 3.04. The van der Waals surface area contributed by atoms with Gasteiger partial charge < -0.3 is 15.0 Å². The fraction of sp³-hybridized carbons (Fsp3) is 0.188. The zero-order valence-corrected chi connectivity index (χ0v) is 11.6. The van der Waals surface area contributed by atoms with Gasteiger partial charge in [0.1, 0.15) is 18.2 Å². The molecule has 0 bridgehead atoms. The zero-order valence-electron chi connectivity index (χ0n) is 11.6. The van der Waals surface area contributed by atoms with Gasteiger partial charge >= 0.3 is 0 Å². The van der Waals surface area contributed by atoms with Crippen LogP contribution in [0.1, 0.15) is 11.4 Å². The first-order chi connectivity index (χ1) is 9.63. The second-order valence-electron chi connectivity index (χ2n) is 4.94. The number of anilines is 1. The molecule has 0 amide bonds. The monoisotopic (exact) mass is 267 g/mol. The molecule has 0 unspecified atom stereocenters. The van der Waals surface area contributed by atoms with E-state index in [9.17, 15) is 0 Å². The summed E-state index contributed by atoms with van der Waals surface area (Å²) in [5.41, 5.74) is 9.72. The van der Waals surface area contributed by atoms with E-state index in [-0.39, 0.29) is 0 Å². The van der Waals surface area contributed by atoms with E-state index in [0.29, 0.717) is 6.61 Å². The molecule has 1 aromatic heterocycles. The van der Waals surface area contributed by atoms with Gasteiger partial charge in [0.05, 0.1) is 11.0 Å². The molecule has 3 rings (SSSR count). The second-order valence-corrected chi connectivity index (χ2v) is 4.94. The lowest BCUT2D eigenvalue weighted by molar-refractivity contribution is 0.292. The molecule has 102 valence electrons. The first-order valence-corrected chi connectivity index (χ1v) is 6.54. The molecule has 0 aliphatic carbocycles. The van der Waals surface area contributed by atoms with Crippen molar-refractivity contribution in [2.45, 2.75) is 13.5 Å². The van der Waals surface area contributed by atoms with Crippen molar-refractivity contribution in [3.05, 3.63) is 53.9 Å². The van der Waals surface area contributed by atoms with Crippen LogP contribution in [-0.4, -0.2) is 9.55 Å². The van der Waals surface area contributed by atoms with Crippen LogP contribution in [0.5, 0.6) is 5.75 Å². The van der Waals surface area contributed by atoms with Gasteiger partial charge in [-0.05, 0) is 37.3 Å². The molecule has 4 heteroatoms.